The molecule has 1 aromatic heterocycles. The Labute approximate surface area is 154 Å². The number of aromatic nitrogens is 1. The molecular formula is C18H12ClN3O3S. The lowest BCUT2D eigenvalue weighted by atomic mass is 10.1. The molecule has 4 rings (SSSR count). The molecule has 130 valence electrons. The van der Waals surface area contributed by atoms with Gasteiger partial charge in [-0.2, -0.15) is 5.26 Å². The lowest BCUT2D eigenvalue weighted by Gasteiger charge is -2.21. The highest BCUT2D eigenvalue weighted by Gasteiger charge is 2.32. The van der Waals surface area contributed by atoms with Crippen molar-refractivity contribution < 1.29 is 8.42 Å². The summed E-state index contributed by atoms with van der Waals surface area (Å²) in [6, 6.07) is 11.4. The molecule has 0 bridgehead atoms. The maximum atomic E-state index is 13.3. The number of aromatic amines is 1. The number of pyridine rings is 1. The van der Waals surface area contributed by atoms with Crippen molar-refractivity contribution >= 4 is 38.1 Å². The molecule has 0 aliphatic carbocycles. The summed E-state index contributed by atoms with van der Waals surface area (Å²) in [7, 11) is -3.96. The number of hydrogen-bond acceptors (Lipinski definition) is 4. The summed E-state index contributed by atoms with van der Waals surface area (Å²) < 4.78 is 28.0. The summed E-state index contributed by atoms with van der Waals surface area (Å²) in [6.45, 7) is 0.268. The van der Waals surface area contributed by atoms with Crippen molar-refractivity contribution in [1.29, 1.82) is 5.26 Å². The van der Waals surface area contributed by atoms with Crippen LogP contribution in [0.5, 0.6) is 0 Å². The topological polar surface area (TPSA) is 94.0 Å². The van der Waals surface area contributed by atoms with Crippen LogP contribution in [0, 0.1) is 11.3 Å². The molecule has 1 N–H and O–H groups in total. The van der Waals surface area contributed by atoms with Crippen molar-refractivity contribution in [2.45, 2.75) is 11.3 Å². The first-order valence-corrected chi connectivity index (χ1v) is 9.60. The molecule has 0 atom stereocenters. The zero-order valence-electron chi connectivity index (χ0n) is 13.4. The monoisotopic (exact) mass is 385 g/mol. The van der Waals surface area contributed by atoms with E-state index in [1.165, 1.54) is 22.6 Å². The summed E-state index contributed by atoms with van der Waals surface area (Å²) in [6.07, 6.45) is 1.96. The van der Waals surface area contributed by atoms with Crippen LogP contribution in [0.25, 0.3) is 10.8 Å². The van der Waals surface area contributed by atoms with Gasteiger partial charge in [-0.3, -0.25) is 9.10 Å². The molecule has 1 aliphatic heterocycles. The van der Waals surface area contributed by atoms with Gasteiger partial charge in [0, 0.05) is 28.5 Å². The second-order valence-corrected chi connectivity index (χ2v) is 8.22. The van der Waals surface area contributed by atoms with Crippen LogP contribution in [0.2, 0.25) is 5.02 Å². The molecule has 0 spiro atoms. The average molecular weight is 386 g/mol. The number of benzene rings is 2. The number of fused-ring (bicyclic) bond motifs is 2. The largest absolute Gasteiger partial charge is 0.329 e. The number of H-pyrrole nitrogens is 1. The molecule has 1 aliphatic rings. The molecule has 6 nitrogen and oxygen atoms in total. The number of hydrogen-bond donors (Lipinski definition) is 1. The van der Waals surface area contributed by atoms with Crippen LogP contribution in [-0.4, -0.2) is 19.9 Å². The van der Waals surface area contributed by atoms with E-state index in [4.69, 9.17) is 16.9 Å². The molecule has 0 radical (unpaired) electrons. The highest BCUT2D eigenvalue weighted by atomic mass is 35.5. The first-order chi connectivity index (χ1) is 12.4. The highest BCUT2D eigenvalue weighted by molar-refractivity contribution is 7.93. The van der Waals surface area contributed by atoms with E-state index in [0.717, 1.165) is 5.56 Å². The third kappa shape index (κ3) is 2.46. The molecule has 2 aromatic carbocycles. The van der Waals surface area contributed by atoms with Gasteiger partial charge in [-0.05, 0) is 42.3 Å². The zero-order chi connectivity index (χ0) is 18.5. The third-order valence-electron chi connectivity index (χ3n) is 4.45. The van der Waals surface area contributed by atoms with E-state index in [1.807, 2.05) is 6.07 Å². The van der Waals surface area contributed by atoms with Gasteiger partial charge in [-0.1, -0.05) is 17.7 Å². The predicted molar refractivity (Wildman–Crippen MR) is 99.0 cm³/mol. The second-order valence-electron chi connectivity index (χ2n) is 5.95. The Bertz CT molecular complexity index is 1260. The molecular weight excluding hydrogens is 374 g/mol. The van der Waals surface area contributed by atoms with E-state index < -0.39 is 15.6 Å². The van der Waals surface area contributed by atoms with Crippen molar-refractivity contribution in [3.05, 3.63) is 69.1 Å². The minimum Gasteiger partial charge on any atom is -0.329 e. The number of halogens is 1. The number of nitrogens with one attached hydrogen (secondary N) is 1. The van der Waals surface area contributed by atoms with E-state index in [2.05, 4.69) is 4.98 Å². The summed E-state index contributed by atoms with van der Waals surface area (Å²) in [5.74, 6) is 0. The Morgan fingerprint density at radius 2 is 1.96 bits per heavy atom. The SMILES string of the molecule is N#Cc1ccc2c(c1)N(S(=O)(=O)c1cc(Cl)cc3c(=O)[nH]ccc13)CC2. The van der Waals surface area contributed by atoms with Gasteiger partial charge >= 0.3 is 0 Å². The molecule has 0 saturated carbocycles. The minimum absolute atomic E-state index is 0.0266. The van der Waals surface area contributed by atoms with Crippen LogP contribution < -0.4 is 9.86 Å². The standard InChI is InChI=1S/C18H12ClN3O3S/c19-13-8-15-14(3-5-21-18(15)23)17(9-13)26(24,25)22-6-4-12-2-1-11(10-20)7-16(12)22/h1-3,5,7-9H,4,6H2,(H,21,23). The maximum absolute atomic E-state index is 13.3. The lowest BCUT2D eigenvalue weighted by molar-refractivity contribution is 0.593. The molecule has 0 amide bonds. The van der Waals surface area contributed by atoms with Crippen LogP contribution in [0.15, 0.2) is 52.3 Å². The summed E-state index contributed by atoms with van der Waals surface area (Å²) >= 11 is 6.08. The van der Waals surface area contributed by atoms with Gasteiger partial charge in [0.1, 0.15) is 0 Å². The van der Waals surface area contributed by atoms with Crippen LogP contribution >= 0.6 is 11.6 Å². The van der Waals surface area contributed by atoms with Gasteiger partial charge in [-0.15, -0.1) is 0 Å². The number of nitrogens with zero attached hydrogens (tertiary/aromatic N) is 2. The summed E-state index contributed by atoms with van der Waals surface area (Å²) in [5, 5.41) is 9.79. The smallest absolute Gasteiger partial charge is 0.265 e. The first kappa shape index (κ1) is 16.6. The zero-order valence-corrected chi connectivity index (χ0v) is 14.9. The van der Waals surface area contributed by atoms with E-state index in [0.29, 0.717) is 23.1 Å². The summed E-state index contributed by atoms with van der Waals surface area (Å²) in [4.78, 5) is 14.5. The first-order valence-electron chi connectivity index (χ1n) is 7.78. The fourth-order valence-corrected chi connectivity index (χ4v) is 5.25. The van der Waals surface area contributed by atoms with E-state index in [9.17, 15) is 13.2 Å². The van der Waals surface area contributed by atoms with Crippen molar-refractivity contribution in [3.8, 4) is 6.07 Å². The second kappa shape index (κ2) is 5.87. The highest BCUT2D eigenvalue weighted by Crippen LogP contribution is 2.36. The Morgan fingerprint density at radius 3 is 2.73 bits per heavy atom. The van der Waals surface area contributed by atoms with Crippen molar-refractivity contribution in [2.24, 2.45) is 0 Å². The van der Waals surface area contributed by atoms with E-state index in [1.54, 1.807) is 24.3 Å². The van der Waals surface area contributed by atoms with Gasteiger partial charge in [0.05, 0.1) is 22.2 Å². The van der Waals surface area contributed by atoms with Crippen LogP contribution in [-0.2, 0) is 16.4 Å². The van der Waals surface area contributed by atoms with Gasteiger partial charge in [0.25, 0.3) is 15.6 Å². The van der Waals surface area contributed by atoms with Crippen LogP contribution in [0.4, 0.5) is 5.69 Å². The predicted octanol–water partition coefficient (Wildman–Crippen LogP) is 2.80. The average Bonchev–Trinajstić information content (AvgIpc) is 3.05. The van der Waals surface area contributed by atoms with E-state index in [-0.39, 0.29) is 21.8 Å². The summed E-state index contributed by atoms with van der Waals surface area (Å²) in [5.41, 5.74) is 1.33. The Hall–Kier alpha value is -2.82. The Kier molecular flexibility index (Phi) is 3.75. The molecule has 0 unspecified atom stereocenters. The van der Waals surface area contributed by atoms with Gasteiger partial charge in [-0.25, -0.2) is 8.42 Å². The number of sulfonamides is 1. The molecule has 26 heavy (non-hydrogen) atoms. The molecule has 8 heteroatoms. The van der Waals surface area contributed by atoms with Gasteiger partial charge in [0.15, 0.2) is 0 Å². The number of nitriles is 1. The van der Waals surface area contributed by atoms with Crippen molar-refractivity contribution in [3.63, 3.8) is 0 Å². The quantitative estimate of drug-likeness (QED) is 0.733. The Morgan fingerprint density at radius 1 is 1.15 bits per heavy atom. The third-order valence-corrected chi connectivity index (χ3v) is 6.52. The van der Waals surface area contributed by atoms with E-state index >= 15 is 0 Å². The number of rotatable bonds is 2. The van der Waals surface area contributed by atoms with Crippen molar-refractivity contribution in [1.82, 2.24) is 4.98 Å². The van der Waals surface area contributed by atoms with Crippen molar-refractivity contribution in [2.75, 3.05) is 10.8 Å². The maximum Gasteiger partial charge on any atom is 0.265 e. The van der Waals surface area contributed by atoms with Gasteiger partial charge < -0.3 is 4.98 Å². The molecule has 2 heterocycles. The van der Waals surface area contributed by atoms with Crippen LogP contribution in [0.1, 0.15) is 11.1 Å². The lowest BCUT2D eigenvalue weighted by Crippen LogP contribution is -2.29. The molecule has 3 aromatic rings. The Balaban J connectivity index is 1.96. The molecule has 0 fully saturated rings. The van der Waals surface area contributed by atoms with Gasteiger partial charge in [0.2, 0.25) is 0 Å². The fraction of sp³-hybridized carbons (Fsp3) is 0.111. The molecule has 0 saturated heterocycles. The fourth-order valence-electron chi connectivity index (χ4n) is 3.23. The normalized spacial score (nSPS) is 13.6. The minimum atomic E-state index is -3.96. The number of anilines is 1. The van der Waals surface area contributed by atoms with Crippen LogP contribution in [0.3, 0.4) is 0 Å².